The molecule has 0 aliphatic carbocycles. The lowest BCUT2D eigenvalue weighted by atomic mass is 10.0. The smallest absolute Gasteiger partial charge is 0.262 e. The van der Waals surface area contributed by atoms with E-state index < -0.39 is 0 Å². The minimum Gasteiger partial charge on any atom is -0.484 e. The quantitative estimate of drug-likeness (QED) is 0.511. The van der Waals surface area contributed by atoms with Crippen LogP contribution in [0.1, 0.15) is 16.6 Å². The highest BCUT2D eigenvalue weighted by atomic mass is 32.2. The van der Waals surface area contributed by atoms with Crippen LogP contribution >= 0.6 is 23.5 Å². The van der Waals surface area contributed by atoms with E-state index in [1.807, 2.05) is 90.3 Å². The van der Waals surface area contributed by atoms with Crippen molar-refractivity contribution in [2.24, 2.45) is 0 Å². The average Bonchev–Trinajstić information content (AvgIpc) is 2.80. The molecule has 3 aromatic rings. The normalized spacial score (nSPS) is 14.3. The Bertz CT molecular complexity index is 939. The van der Waals surface area contributed by atoms with Crippen LogP contribution in [-0.4, -0.2) is 24.0 Å². The Morgan fingerprint density at radius 3 is 2.34 bits per heavy atom. The lowest BCUT2D eigenvalue weighted by Crippen LogP contribution is -2.20. The number of amides is 1. The lowest BCUT2D eigenvalue weighted by molar-refractivity contribution is -0.118. The van der Waals surface area contributed by atoms with Crippen molar-refractivity contribution in [3.63, 3.8) is 0 Å². The van der Waals surface area contributed by atoms with Gasteiger partial charge in [-0.3, -0.25) is 4.79 Å². The monoisotopic (exact) mass is 421 g/mol. The molecule has 0 aromatic heterocycles. The van der Waals surface area contributed by atoms with Crippen molar-refractivity contribution in [3.05, 3.63) is 84.4 Å². The largest absolute Gasteiger partial charge is 0.484 e. The molecule has 3 nitrogen and oxygen atoms in total. The van der Waals surface area contributed by atoms with Gasteiger partial charge in [0.2, 0.25) is 0 Å². The molecule has 1 fully saturated rings. The maximum Gasteiger partial charge on any atom is 0.262 e. The third kappa shape index (κ3) is 5.37. The van der Waals surface area contributed by atoms with Crippen LogP contribution < -0.4 is 10.1 Å². The molecule has 29 heavy (non-hydrogen) atoms. The predicted octanol–water partition coefficient (Wildman–Crippen LogP) is 6.24. The van der Waals surface area contributed by atoms with Crippen LogP contribution in [0, 0.1) is 0 Å². The number of hydrogen-bond donors (Lipinski definition) is 1. The van der Waals surface area contributed by atoms with E-state index in [0.717, 1.165) is 16.8 Å². The Labute approximate surface area is 180 Å². The maximum absolute atomic E-state index is 12.4. The summed E-state index contributed by atoms with van der Waals surface area (Å²) in [6.07, 6.45) is 1.29. The zero-order valence-corrected chi connectivity index (χ0v) is 17.7. The molecular formula is C24H23NO2S2. The van der Waals surface area contributed by atoms with Gasteiger partial charge in [-0.2, -0.15) is 0 Å². The molecule has 3 aromatic carbocycles. The summed E-state index contributed by atoms with van der Waals surface area (Å²) in [7, 11) is 0. The number of nitrogens with one attached hydrogen (secondary N) is 1. The molecule has 4 rings (SSSR count). The molecule has 0 unspecified atom stereocenters. The van der Waals surface area contributed by atoms with E-state index in [9.17, 15) is 4.79 Å². The van der Waals surface area contributed by atoms with Gasteiger partial charge in [-0.1, -0.05) is 60.7 Å². The van der Waals surface area contributed by atoms with Crippen LogP contribution in [0.25, 0.3) is 11.1 Å². The van der Waals surface area contributed by atoms with Gasteiger partial charge < -0.3 is 10.1 Å². The molecule has 0 saturated carbocycles. The zero-order valence-electron chi connectivity index (χ0n) is 16.0. The minimum atomic E-state index is -0.171. The number of para-hydroxylation sites is 1. The molecule has 148 valence electrons. The first kappa shape index (κ1) is 19.9. The molecular weight excluding hydrogens is 398 g/mol. The molecule has 1 aliphatic rings. The Hall–Kier alpha value is -2.37. The van der Waals surface area contributed by atoms with Gasteiger partial charge in [0.1, 0.15) is 5.75 Å². The number of ether oxygens (including phenoxy) is 1. The fourth-order valence-corrected chi connectivity index (χ4v) is 6.09. The van der Waals surface area contributed by atoms with E-state index in [2.05, 4.69) is 17.4 Å². The van der Waals surface area contributed by atoms with Crippen LogP contribution in [0.5, 0.6) is 5.75 Å². The minimum absolute atomic E-state index is 0.0185. The number of carbonyl (C=O) groups excluding carboxylic acids is 1. The van der Waals surface area contributed by atoms with Gasteiger partial charge in [0, 0.05) is 11.3 Å². The van der Waals surface area contributed by atoms with Gasteiger partial charge >= 0.3 is 0 Å². The van der Waals surface area contributed by atoms with Crippen molar-refractivity contribution in [1.82, 2.24) is 0 Å². The average molecular weight is 422 g/mol. The molecule has 1 heterocycles. The van der Waals surface area contributed by atoms with Crippen LogP contribution in [0.4, 0.5) is 5.69 Å². The van der Waals surface area contributed by atoms with E-state index in [1.54, 1.807) is 0 Å². The molecule has 0 radical (unpaired) electrons. The number of carbonyl (C=O) groups is 1. The van der Waals surface area contributed by atoms with Gasteiger partial charge in [-0.25, -0.2) is 0 Å². The summed E-state index contributed by atoms with van der Waals surface area (Å²) < 4.78 is 6.21. The lowest BCUT2D eigenvalue weighted by Gasteiger charge is -2.21. The van der Waals surface area contributed by atoms with E-state index in [1.165, 1.54) is 23.5 Å². The second kappa shape index (κ2) is 9.90. The standard InChI is InChI=1S/C24H23NO2S2/c26-23(25-22-10-5-4-9-21(22)18-7-2-1-3-8-18)17-27-20-13-11-19(12-14-20)24-28-15-6-16-29-24/h1-5,7-14,24H,6,15-17H2,(H,25,26). The van der Waals surface area contributed by atoms with Crippen molar-refractivity contribution in [1.29, 1.82) is 0 Å². The van der Waals surface area contributed by atoms with Crippen LogP contribution in [0.2, 0.25) is 0 Å². The summed E-state index contributed by atoms with van der Waals surface area (Å²) in [4.78, 5) is 12.4. The summed E-state index contributed by atoms with van der Waals surface area (Å²) in [5.41, 5.74) is 4.16. The number of benzene rings is 3. The first-order valence-electron chi connectivity index (χ1n) is 9.70. The van der Waals surface area contributed by atoms with Crippen molar-refractivity contribution in [2.45, 2.75) is 11.0 Å². The van der Waals surface area contributed by atoms with Gasteiger partial charge in [0.25, 0.3) is 5.91 Å². The highest BCUT2D eigenvalue weighted by molar-refractivity contribution is 8.16. The Morgan fingerprint density at radius 2 is 1.59 bits per heavy atom. The van der Waals surface area contributed by atoms with Gasteiger partial charge in [0.15, 0.2) is 6.61 Å². The zero-order chi connectivity index (χ0) is 19.9. The fraction of sp³-hybridized carbons (Fsp3) is 0.208. The third-order valence-electron chi connectivity index (χ3n) is 4.64. The summed E-state index contributed by atoms with van der Waals surface area (Å²) >= 11 is 4.00. The van der Waals surface area contributed by atoms with Gasteiger partial charge in [-0.15, -0.1) is 23.5 Å². The SMILES string of the molecule is O=C(COc1ccc(C2SCCCS2)cc1)Nc1ccccc1-c1ccccc1. The van der Waals surface area contributed by atoms with E-state index in [-0.39, 0.29) is 12.5 Å². The first-order chi connectivity index (χ1) is 14.3. The van der Waals surface area contributed by atoms with Crippen molar-refractivity contribution >= 4 is 35.1 Å². The predicted molar refractivity (Wildman–Crippen MR) is 125 cm³/mol. The summed E-state index contributed by atoms with van der Waals surface area (Å²) in [6.45, 7) is -0.0185. The second-order valence-corrected chi connectivity index (χ2v) is 9.47. The molecule has 1 aliphatic heterocycles. The van der Waals surface area contributed by atoms with E-state index in [0.29, 0.717) is 10.3 Å². The van der Waals surface area contributed by atoms with Gasteiger partial charge in [-0.05, 0) is 47.3 Å². The number of thioether (sulfide) groups is 2. The van der Waals surface area contributed by atoms with Crippen molar-refractivity contribution in [2.75, 3.05) is 23.4 Å². The van der Waals surface area contributed by atoms with Crippen molar-refractivity contribution < 1.29 is 9.53 Å². The fourth-order valence-electron chi connectivity index (χ4n) is 3.20. The number of rotatable bonds is 6. The summed E-state index contributed by atoms with van der Waals surface area (Å²) in [5.74, 6) is 2.99. The highest BCUT2D eigenvalue weighted by Crippen LogP contribution is 2.43. The molecule has 5 heteroatoms. The number of anilines is 1. The molecule has 1 N–H and O–H groups in total. The first-order valence-corrected chi connectivity index (χ1v) is 11.8. The van der Waals surface area contributed by atoms with Crippen LogP contribution in [0.3, 0.4) is 0 Å². The molecule has 0 atom stereocenters. The molecule has 0 bridgehead atoms. The Morgan fingerprint density at radius 1 is 0.897 bits per heavy atom. The van der Waals surface area contributed by atoms with Gasteiger partial charge in [0.05, 0.1) is 4.58 Å². The summed E-state index contributed by atoms with van der Waals surface area (Å²) in [5, 5.41) is 2.97. The second-order valence-electron chi connectivity index (χ2n) is 6.74. The van der Waals surface area contributed by atoms with Crippen LogP contribution in [-0.2, 0) is 4.79 Å². The molecule has 1 saturated heterocycles. The third-order valence-corrected chi connectivity index (χ3v) is 7.65. The molecule has 0 spiro atoms. The Kier molecular flexibility index (Phi) is 6.80. The van der Waals surface area contributed by atoms with E-state index in [4.69, 9.17) is 4.74 Å². The Balaban J connectivity index is 1.35. The molecule has 1 amide bonds. The maximum atomic E-state index is 12.4. The highest BCUT2D eigenvalue weighted by Gasteiger charge is 2.16. The number of hydrogen-bond acceptors (Lipinski definition) is 4. The van der Waals surface area contributed by atoms with Crippen molar-refractivity contribution in [3.8, 4) is 16.9 Å². The summed E-state index contributed by atoms with van der Waals surface area (Å²) in [6, 6.07) is 26.0. The topological polar surface area (TPSA) is 38.3 Å². The van der Waals surface area contributed by atoms with E-state index >= 15 is 0 Å². The van der Waals surface area contributed by atoms with Crippen LogP contribution in [0.15, 0.2) is 78.9 Å².